The lowest BCUT2D eigenvalue weighted by molar-refractivity contribution is 0.0946. The summed E-state index contributed by atoms with van der Waals surface area (Å²) in [6.07, 6.45) is 3.56. The van der Waals surface area contributed by atoms with E-state index in [1.165, 1.54) is 6.07 Å². The van der Waals surface area contributed by atoms with Crippen LogP contribution < -0.4 is 5.32 Å². The predicted octanol–water partition coefficient (Wildman–Crippen LogP) is 2.39. The van der Waals surface area contributed by atoms with Gasteiger partial charge in [-0.25, -0.2) is 4.39 Å². The summed E-state index contributed by atoms with van der Waals surface area (Å²) in [5.41, 5.74) is 1.51. The van der Waals surface area contributed by atoms with Crippen molar-refractivity contribution in [2.45, 2.75) is 13.5 Å². The molecule has 0 aliphatic rings. The van der Waals surface area contributed by atoms with Gasteiger partial charge in [-0.1, -0.05) is 12.1 Å². The van der Waals surface area contributed by atoms with Crippen molar-refractivity contribution in [2.24, 2.45) is 0 Å². The molecule has 1 aromatic carbocycles. The number of amides is 1. The summed E-state index contributed by atoms with van der Waals surface area (Å²) in [6.45, 7) is 2.02. The van der Waals surface area contributed by atoms with E-state index in [9.17, 15) is 9.18 Å². The molecule has 0 bridgehead atoms. The van der Waals surface area contributed by atoms with E-state index in [1.807, 2.05) is 6.07 Å². The van der Waals surface area contributed by atoms with E-state index in [-0.39, 0.29) is 5.56 Å². The molecular weight excluding hydrogens is 219 g/mol. The van der Waals surface area contributed by atoms with E-state index >= 15 is 0 Å². The van der Waals surface area contributed by atoms with Crippen molar-refractivity contribution >= 4 is 5.91 Å². The number of H-pyrrole nitrogens is 1. The molecule has 0 aliphatic carbocycles. The zero-order valence-corrected chi connectivity index (χ0v) is 9.46. The Balaban J connectivity index is 2.07. The minimum absolute atomic E-state index is 0.0838. The quantitative estimate of drug-likeness (QED) is 0.838. The highest BCUT2D eigenvalue weighted by molar-refractivity contribution is 5.94. The van der Waals surface area contributed by atoms with E-state index < -0.39 is 11.7 Å². The van der Waals surface area contributed by atoms with Crippen molar-refractivity contribution < 1.29 is 9.18 Å². The topological polar surface area (TPSA) is 44.9 Å². The maximum absolute atomic E-state index is 13.7. The van der Waals surface area contributed by atoms with Crippen LogP contribution in [0.4, 0.5) is 4.39 Å². The first-order valence-electron chi connectivity index (χ1n) is 5.33. The standard InChI is InChI=1S/C13H13FN2O/c1-9-3-2-4-11(12(9)14)13(17)16-8-10-5-6-15-7-10/h2-7,15H,8H2,1H3,(H,16,17). The molecule has 0 aliphatic heterocycles. The van der Waals surface area contributed by atoms with Gasteiger partial charge in [-0.15, -0.1) is 0 Å². The first kappa shape index (κ1) is 11.4. The van der Waals surface area contributed by atoms with Crippen molar-refractivity contribution in [1.82, 2.24) is 10.3 Å². The number of hydrogen-bond acceptors (Lipinski definition) is 1. The van der Waals surface area contributed by atoms with Gasteiger partial charge in [-0.3, -0.25) is 4.79 Å². The number of halogens is 1. The number of aryl methyl sites for hydroxylation is 1. The van der Waals surface area contributed by atoms with Gasteiger partial charge in [0.05, 0.1) is 5.56 Å². The Bertz CT molecular complexity index is 520. The number of hydrogen-bond donors (Lipinski definition) is 2. The van der Waals surface area contributed by atoms with Crippen molar-refractivity contribution in [2.75, 3.05) is 0 Å². The van der Waals surface area contributed by atoms with Gasteiger partial charge in [0.1, 0.15) is 5.82 Å². The van der Waals surface area contributed by atoms with E-state index in [0.29, 0.717) is 12.1 Å². The summed E-state index contributed by atoms with van der Waals surface area (Å²) in [6, 6.07) is 6.64. The number of carbonyl (C=O) groups is 1. The Morgan fingerprint density at radius 3 is 2.94 bits per heavy atom. The molecular formula is C13H13FN2O. The number of aromatic amines is 1. The van der Waals surface area contributed by atoms with Crippen LogP contribution in [0.3, 0.4) is 0 Å². The average molecular weight is 232 g/mol. The summed E-state index contributed by atoms with van der Waals surface area (Å²) in [4.78, 5) is 14.6. The van der Waals surface area contributed by atoms with Gasteiger partial charge >= 0.3 is 0 Å². The summed E-state index contributed by atoms with van der Waals surface area (Å²) in [7, 11) is 0. The molecule has 0 unspecified atom stereocenters. The number of nitrogens with one attached hydrogen (secondary N) is 2. The van der Waals surface area contributed by atoms with Crippen LogP contribution in [0.1, 0.15) is 21.5 Å². The molecule has 2 aromatic rings. The molecule has 3 nitrogen and oxygen atoms in total. The second kappa shape index (κ2) is 4.82. The van der Waals surface area contributed by atoms with E-state index in [4.69, 9.17) is 0 Å². The van der Waals surface area contributed by atoms with Crippen molar-refractivity contribution in [3.05, 3.63) is 59.2 Å². The number of carbonyl (C=O) groups excluding carboxylic acids is 1. The summed E-state index contributed by atoms with van der Waals surface area (Å²) < 4.78 is 13.7. The molecule has 0 fully saturated rings. The Morgan fingerprint density at radius 1 is 1.41 bits per heavy atom. The minimum atomic E-state index is -0.459. The van der Waals surface area contributed by atoms with Crippen LogP contribution >= 0.6 is 0 Å². The number of aromatic nitrogens is 1. The SMILES string of the molecule is Cc1cccc(C(=O)NCc2cc[nH]c2)c1F. The molecule has 0 saturated carbocycles. The summed E-state index contributed by atoms with van der Waals surface area (Å²) in [5, 5.41) is 2.67. The lowest BCUT2D eigenvalue weighted by Crippen LogP contribution is -2.23. The van der Waals surface area contributed by atoms with Gasteiger partial charge in [0.25, 0.3) is 5.91 Å². The van der Waals surface area contributed by atoms with Crippen molar-refractivity contribution in [3.63, 3.8) is 0 Å². The fourth-order valence-corrected chi connectivity index (χ4v) is 1.57. The summed E-state index contributed by atoms with van der Waals surface area (Å²) in [5.74, 6) is -0.855. The van der Waals surface area contributed by atoms with Gasteiger partial charge in [0.2, 0.25) is 0 Å². The number of rotatable bonds is 3. The van der Waals surface area contributed by atoms with Crippen LogP contribution in [-0.4, -0.2) is 10.9 Å². The molecule has 0 atom stereocenters. The van der Waals surface area contributed by atoms with Crippen LogP contribution in [0, 0.1) is 12.7 Å². The van der Waals surface area contributed by atoms with Crippen molar-refractivity contribution in [3.8, 4) is 0 Å². The third-order valence-electron chi connectivity index (χ3n) is 2.55. The highest BCUT2D eigenvalue weighted by Crippen LogP contribution is 2.11. The minimum Gasteiger partial charge on any atom is -0.367 e. The highest BCUT2D eigenvalue weighted by Gasteiger charge is 2.12. The molecule has 2 N–H and O–H groups in total. The number of benzene rings is 1. The van der Waals surface area contributed by atoms with Crippen LogP contribution in [0.25, 0.3) is 0 Å². The van der Waals surface area contributed by atoms with E-state index in [2.05, 4.69) is 10.3 Å². The monoisotopic (exact) mass is 232 g/mol. The molecule has 4 heteroatoms. The van der Waals surface area contributed by atoms with Crippen LogP contribution in [0.2, 0.25) is 0 Å². The van der Waals surface area contributed by atoms with Gasteiger partial charge in [-0.2, -0.15) is 0 Å². The second-order valence-electron chi connectivity index (χ2n) is 3.84. The molecule has 1 amide bonds. The zero-order valence-electron chi connectivity index (χ0n) is 9.46. The fraction of sp³-hybridized carbons (Fsp3) is 0.154. The third-order valence-corrected chi connectivity index (χ3v) is 2.55. The molecule has 17 heavy (non-hydrogen) atoms. The smallest absolute Gasteiger partial charge is 0.254 e. The van der Waals surface area contributed by atoms with Crippen LogP contribution in [0.15, 0.2) is 36.7 Å². The molecule has 2 rings (SSSR count). The Hall–Kier alpha value is -2.10. The molecule has 1 heterocycles. The second-order valence-corrected chi connectivity index (χ2v) is 3.84. The first-order valence-corrected chi connectivity index (χ1v) is 5.33. The van der Waals surface area contributed by atoms with Gasteiger partial charge < -0.3 is 10.3 Å². The molecule has 0 spiro atoms. The fourth-order valence-electron chi connectivity index (χ4n) is 1.57. The maximum atomic E-state index is 13.7. The Labute approximate surface area is 98.7 Å². The summed E-state index contributed by atoms with van der Waals surface area (Å²) >= 11 is 0. The lowest BCUT2D eigenvalue weighted by Gasteiger charge is -2.06. The van der Waals surface area contributed by atoms with Crippen molar-refractivity contribution in [1.29, 1.82) is 0 Å². The van der Waals surface area contributed by atoms with Gasteiger partial charge in [-0.05, 0) is 30.2 Å². The van der Waals surface area contributed by atoms with E-state index in [0.717, 1.165) is 5.56 Å². The van der Waals surface area contributed by atoms with E-state index in [1.54, 1.807) is 31.5 Å². The molecule has 1 aromatic heterocycles. The van der Waals surface area contributed by atoms with Crippen LogP contribution in [0.5, 0.6) is 0 Å². The van der Waals surface area contributed by atoms with Gasteiger partial charge in [0.15, 0.2) is 0 Å². The zero-order chi connectivity index (χ0) is 12.3. The molecule has 0 radical (unpaired) electrons. The maximum Gasteiger partial charge on any atom is 0.254 e. The highest BCUT2D eigenvalue weighted by atomic mass is 19.1. The van der Waals surface area contributed by atoms with Crippen LogP contribution in [-0.2, 0) is 6.54 Å². The predicted molar refractivity (Wildman–Crippen MR) is 63.1 cm³/mol. The average Bonchev–Trinajstić information content (AvgIpc) is 2.82. The lowest BCUT2D eigenvalue weighted by atomic mass is 10.1. The molecule has 0 saturated heterocycles. The third kappa shape index (κ3) is 2.53. The largest absolute Gasteiger partial charge is 0.367 e. The first-order chi connectivity index (χ1) is 8.18. The molecule has 88 valence electrons. The normalized spacial score (nSPS) is 10.2. The Morgan fingerprint density at radius 2 is 2.24 bits per heavy atom. The Kier molecular flexibility index (Phi) is 3.23. The van der Waals surface area contributed by atoms with Gasteiger partial charge in [0, 0.05) is 18.9 Å².